The molecule has 5 N–H and O–H groups in total. The number of aromatic hydroxyl groups is 1. The summed E-state index contributed by atoms with van der Waals surface area (Å²) in [7, 11) is 1.84. The summed E-state index contributed by atoms with van der Waals surface area (Å²) in [4.78, 5) is 21.8. The van der Waals surface area contributed by atoms with E-state index in [-0.39, 0.29) is 34.6 Å². The van der Waals surface area contributed by atoms with E-state index in [1.54, 1.807) is 18.3 Å². The number of ether oxygens (including phenoxy) is 3. The Morgan fingerprint density at radius 2 is 1.98 bits per heavy atom. The fraction of sp³-hybridized carbons (Fsp3) is 0.333. The van der Waals surface area contributed by atoms with Crippen molar-refractivity contribution >= 4 is 18.0 Å². The zero-order chi connectivity index (χ0) is 30.5. The molecule has 3 aromatic rings. The van der Waals surface area contributed by atoms with Crippen LogP contribution in [0, 0.1) is 28.9 Å². The molecule has 11 nitrogen and oxygen atoms in total. The number of nitrogen functional groups attached to an aromatic ring is 1. The first-order valence-electron chi connectivity index (χ1n) is 13.7. The third kappa shape index (κ3) is 5.31. The molecule has 4 unspecified atom stereocenters. The molecule has 6 rings (SSSR count). The van der Waals surface area contributed by atoms with Crippen molar-refractivity contribution in [1.82, 2.24) is 9.88 Å². The summed E-state index contributed by atoms with van der Waals surface area (Å²) >= 11 is 0. The molecule has 3 aliphatic rings. The number of halogens is 2. The number of nitrogens with two attached hydrogens (primary N) is 1. The molecule has 224 valence electrons. The second-order valence-electron chi connectivity index (χ2n) is 11.1. The Hall–Kier alpha value is -4.78. The SMILES string of the molecule is CN1CC=NC1c1cc(OC23CCC(C2)C(C(=O)O)C3)ccc1Oc1c(F)cnc(Oc2cc(C(=N)N)ccc2O)c1F. The molecular formula is C30H29F2N5O6. The number of hydrogen-bond donors (Lipinski definition) is 4. The predicted octanol–water partition coefficient (Wildman–Crippen LogP) is 4.97. The van der Waals surface area contributed by atoms with Crippen LogP contribution in [0.25, 0.3) is 0 Å². The molecule has 0 amide bonds. The number of carboxylic acids is 1. The van der Waals surface area contributed by atoms with E-state index in [1.165, 1.54) is 24.3 Å². The molecule has 2 aromatic carbocycles. The molecular weight excluding hydrogens is 564 g/mol. The molecule has 0 spiro atoms. The predicted molar refractivity (Wildman–Crippen MR) is 150 cm³/mol. The number of amidine groups is 1. The molecule has 4 atom stereocenters. The summed E-state index contributed by atoms with van der Waals surface area (Å²) in [6.07, 6.45) is 4.52. The van der Waals surface area contributed by atoms with Gasteiger partial charge in [-0.2, -0.15) is 4.39 Å². The zero-order valence-corrected chi connectivity index (χ0v) is 23.1. The second kappa shape index (κ2) is 10.8. The minimum atomic E-state index is -1.26. The van der Waals surface area contributed by atoms with Crippen LogP contribution in [0.2, 0.25) is 0 Å². The van der Waals surface area contributed by atoms with Gasteiger partial charge in [0.2, 0.25) is 11.6 Å². The smallest absolute Gasteiger partial charge is 0.306 e. The van der Waals surface area contributed by atoms with E-state index in [9.17, 15) is 19.4 Å². The maximum Gasteiger partial charge on any atom is 0.306 e. The average Bonchev–Trinajstić information content (AvgIpc) is 3.68. The molecule has 2 aliphatic carbocycles. The van der Waals surface area contributed by atoms with Gasteiger partial charge >= 0.3 is 5.97 Å². The van der Waals surface area contributed by atoms with Crippen molar-refractivity contribution in [1.29, 1.82) is 5.41 Å². The van der Waals surface area contributed by atoms with E-state index in [0.29, 0.717) is 30.7 Å². The number of aliphatic carboxylic acids is 1. The van der Waals surface area contributed by atoms with Crippen molar-refractivity contribution in [2.45, 2.75) is 37.5 Å². The monoisotopic (exact) mass is 593 g/mol. The Bertz CT molecular complexity index is 1650. The van der Waals surface area contributed by atoms with E-state index in [1.807, 2.05) is 11.9 Å². The molecule has 2 saturated carbocycles. The number of rotatable bonds is 9. The highest BCUT2D eigenvalue weighted by molar-refractivity contribution is 5.95. The van der Waals surface area contributed by atoms with Crippen LogP contribution in [0.1, 0.15) is 43.0 Å². The first kappa shape index (κ1) is 28.3. The number of carbonyl (C=O) groups is 1. The van der Waals surface area contributed by atoms with E-state index in [2.05, 4.69) is 9.98 Å². The lowest BCUT2D eigenvalue weighted by Crippen LogP contribution is -2.34. The van der Waals surface area contributed by atoms with Crippen molar-refractivity contribution in [2.75, 3.05) is 13.6 Å². The van der Waals surface area contributed by atoms with Crippen molar-refractivity contribution < 1.29 is 38.0 Å². The molecule has 0 saturated heterocycles. The molecule has 1 aromatic heterocycles. The number of benzene rings is 2. The van der Waals surface area contributed by atoms with Gasteiger partial charge < -0.3 is 30.2 Å². The highest BCUT2D eigenvalue weighted by Crippen LogP contribution is 2.54. The third-order valence-electron chi connectivity index (χ3n) is 8.30. The Balaban J connectivity index is 1.32. The number of aromatic nitrogens is 1. The standard InChI is InChI=1S/C30H29F2N5O6/c1-37-9-8-35-27(37)18-11-17(43-30-7-6-16(12-30)19(13-30)29(39)40)3-5-22(18)41-25-20(31)14-36-28(24(25)32)42-23-10-15(26(33)34)2-4-21(23)38/h2-5,8,10-11,14,16,19,27,38H,6-7,9,12-13H2,1H3,(H3,33,34)(H,39,40). The number of phenols is 1. The Morgan fingerprint density at radius 1 is 1.16 bits per heavy atom. The Kier molecular flexibility index (Phi) is 7.12. The zero-order valence-electron chi connectivity index (χ0n) is 23.1. The first-order chi connectivity index (χ1) is 20.5. The lowest BCUT2D eigenvalue weighted by Gasteiger charge is -2.30. The van der Waals surface area contributed by atoms with Crippen LogP contribution >= 0.6 is 0 Å². The molecule has 2 bridgehead atoms. The molecule has 2 heterocycles. The summed E-state index contributed by atoms with van der Waals surface area (Å²) in [5.41, 5.74) is 5.60. The minimum Gasteiger partial charge on any atom is -0.504 e. The van der Waals surface area contributed by atoms with E-state index >= 15 is 4.39 Å². The number of phenolic OH excluding ortho intramolecular Hbond substituents is 1. The summed E-state index contributed by atoms with van der Waals surface area (Å²) in [5.74, 6) is -5.33. The van der Waals surface area contributed by atoms with Gasteiger partial charge in [0.1, 0.15) is 29.1 Å². The Morgan fingerprint density at radius 3 is 2.67 bits per heavy atom. The van der Waals surface area contributed by atoms with Crippen molar-refractivity contribution in [3.63, 3.8) is 0 Å². The fourth-order valence-electron chi connectivity index (χ4n) is 6.17. The number of carboxylic acid groups (broad SMARTS) is 1. The van der Waals surface area contributed by atoms with Crippen LogP contribution in [-0.2, 0) is 4.79 Å². The van der Waals surface area contributed by atoms with Crippen LogP contribution < -0.4 is 19.9 Å². The van der Waals surface area contributed by atoms with Gasteiger partial charge in [0, 0.05) is 30.3 Å². The number of nitrogens with one attached hydrogen (secondary N) is 1. The van der Waals surface area contributed by atoms with Crippen LogP contribution in [0.15, 0.2) is 47.6 Å². The largest absolute Gasteiger partial charge is 0.504 e. The maximum atomic E-state index is 15.6. The number of pyridine rings is 1. The topological polar surface area (TPSA) is 164 Å². The van der Waals surface area contributed by atoms with Gasteiger partial charge in [-0.25, -0.2) is 9.37 Å². The highest BCUT2D eigenvalue weighted by atomic mass is 19.1. The quantitative estimate of drug-likeness (QED) is 0.198. The molecule has 0 radical (unpaired) electrons. The lowest BCUT2D eigenvalue weighted by atomic mass is 9.87. The second-order valence-corrected chi connectivity index (χ2v) is 11.1. The van der Waals surface area contributed by atoms with E-state index < -0.39 is 46.9 Å². The normalized spacial score (nSPS) is 24.3. The highest BCUT2D eigenvalue weighted by Gasteiger charge is 2.55. The van der Waals surface area contributed by atoms with Crippen molar-refractivity contribution in [2.24, 2.45) is 22.6 Å². The van der Waals surface area contributed by atoms with Crippen LogP contribution in [0.3, 0.4) is 0 Å². The van der Waals surface area contributed by atoms with Crippen molar-refractivity contribution in [3.8, 4) is 34.6 Å². The van der Waals surface area contributed by atoms with Crippen LogP contribution in [-0.4, -0.2) is 57.3 Å². The van der Waals surface area contributed by atoms with Crippen LogP contribution in [0.4, 0.5) is 8.78 Å². The third-order valence-corrected chi connectivity index (χ3v) is 8.30. The molecule has 2 fully saturated rings. The van der Waals surface area contributed by atoms with E-state index in [0.717, 1.165) is 19.0 Å². The van der Waals surface area contributed by atoms with Gasteiger partial charge in [0.15, 0.2) is 17.3 Å². The summed E-state index contributed by atoms with van der Waals surface area (Å²) in [6, 6.07) is 8.68. The summed E-state index contributed by atoms with van der Waals surface area (Å²) < 4.78 is 48.2. The van der Waals surface area contributed by atoms with Crippen molar-refractivity contribution in [3.05, 3.63) is 65.4 Å². The fourth-order valence-corrected chi connectivity index (χ4v) is 6.17. The number of aliphatic imine (C=N–C) groups is 1. The minimum absolute atomic E-state index is 0.0750. The van der Waals surface area contributed by atoms with Gasteiger partial charge in [0.05, 0.1) is 12.1 Å². The van der Waals surface area contributed by atoms with E-state index in [4.69, 9.17) is 25.4 Å². The Labute approximate surface area is 245 Å². The first-order valence-corrected chi connectivity index (χ1v) is 13.7. The molecule has 1 aliphatic heterocycles. The number of hydrogen-bond acceptors (Lipinski definition) is 9. The lowest BCUT2D eigenvalue weighted by molar-refractivity contribution is -0.144. The number of nitrogens with zero attached hydrogens (tertiary/aromatic N) is 3. The van der Waals surface area contributed by atoms with Gasteiger partial charge in [0.25, 0.3) is 5.88 Å². The number of fused-ring (bicyclic) bond motifs is 2. The maximum absolute atomic E-state index is 15.6. The van der Waals surface area contributed by atoms with Gasteiger partial charge in [-0.05, 0) is 68.6 Å². The average molecular weight is 594 g/mol. The van der Waals surface area contributed by atoms with Crippen LogP contribution in [0.5, 0.6) is 34.6 Å². The summed E-state index contributed by atoms with van der Waals surface area (Å²) in [6.45, 7) is 0.542. The molecule has 43 heavy (non-hydrogen) atoms. The summed E-state index contributed by atoms with van der Waals surface area (Å²) in [5, 5.41) is 27.4. The van der Waals surface area contributed by atoms with Gasteiger partial charge in [-0.3, -0.25) is 20.1 Å². The van der Waals surface area contributed by atoms with Gasteiger partial charge in [-0.1, -0.05) is 0 Å². The molecule has 13 heteroatoms. The van der Waals surface area contributed by atoms with Gasteiger partial charge in [-0.15, -0.1) is 0 Å².